The first-order valence-electron chi connectivity index (χ1n) is 6.45. The van der Waals surface area contributed by atoms with E-state index < -0.39 is 0 Å². The van der Waals surface area contributed by atoms with Crippen molar-refractivity contribution >= 4 is 29.3 Å². The van der Waals surface area contributed by atoms with Crippen LogP contribution < -0.4 is 0 Å². The van der Waals surface area contributed by atoms with Crippen LogP contribution in [0.1, 0.15) is 12.5 Å². The van der Waals surface area contributed by atoms with E-state index in [9.17, 15) is 4.79 Å². The zero-order valence-electron chi connectivity index (χ0n) is 11.7. The van der Waals surface area contributed by atoms with Gasteiger partial charge in [-0.25, -0.2) is 0 Å². The van der Waals surface area contributed by atoms with E-state index in [4.69, 9.17) is 11.6 Å². The summed E-state index contributed by atoms with van der Waals surface area (Å²) in [6, 6.07) is 7.58. The highest BCUT2D eigenvalue weighted by molar-refractivity contribution is 8.00. The molecule has 0 aliphatic rings. The minimum absolute atomic E-state index is 0.0941. The molecule has 1 aromatic carbocycles. The van der Waals surface area contributed by atoms with Gasteiger partial charge in [0.05, 0.1) is 5.25 Å². The number of hydrogen-bond acceptors (Lipinski definition) is 2. The van der Waals surface area contributed by atoms with Crippen LogP contribution >= 0.6 is 23.4 Å². The highest BCUT2D eigenvalue weighted by atomic mass is 35.5. The van der Waals surface area contributed by atoms with Crippen molar-refractivity contribution in [3.63, 3.8) is 0 Å². The van der Waals surface area contributed by atoms with Gasteiger partial charge < -0.3 is 4.90 Å². The van der Waals surface area contributed by atoms with Gasteiger partial charge in [0.15, 0.2) is 0 Å². The average molecular weight is 310 g/mol. The first-order chi connectivity index (χ1) is 9.60. The largest absolute Gasteiger partial charge is 0.334 e. The van der Waals surface area contributed by atoms with E-state index in [2.05, 4.69) is 13.2 Å². The van der Waals surface area contributed by atoms with Gasteiger partial charge in [0.2, 0.25) is 5.91 Å². The Morgan fingerprint density at radius 1 is 1.40 bits per heavy atom. The quantitative estimate of drug-likeness (QED) is 0.672. The molecule has 0 heterocycles. The molecular weight excluding hydrogens is 290 g/mol. The summed E-state index contributed by atoms with van der Waals surface area (Å²) < 4.78 is 0. The fourth-order valence-electron chi connectivity index (χ4n) is 1.76. The summed E-state index contributed by atoms with van der Waals surface area (Å²) in [5.41, 5.74) is 0.949. The van der Waals surface area contributed by atoms with Gasteiger partial charge in [-0.3, -0.25) is 4.79 Å². The van der Waals surface area contributed by atoms with E-state index in [1.54, 1.807) is 28.8 Å². The number of benzene rings is 1. The van der Waals surface area contributed by atoms with Gasteiger partial charge in [-0.1, -0.05) is 42.0 Å². The van der Waals surface area contributed by atoms with Crippen molar-refractivity contribution in [1.29, 1.82) is 0 Å². The van der Waals surface area contributed by atoms with Crippen LogP contribution in [0.3, 0.4) is 0 Å². The molecule has 0 radical (unpaired) electrons. The molecule has 0 N–H and O–H groups in total. The zero-order chi connectivity index (χ0) is 15.0. The molecule has 20 heavy (non-hydrogen) atoms. The van der Waals surface area contributed by atoms with Crippen molar-refractivity contribution in [1.82, 2.24) is 4.90 Å². The Morgan fingerprint density at radius 2 is 2.10 bits per heavy atom. The number of nitrogens with zero attached hydrogens (tertiary/aromatic N) is 1. The van der Waals surface area contributed by atoms with Crippen LogP contribution in [0, 0.1) is 0 Å². The number of halogens is 1. The number of thioether (sulfide) groups is 1. The summed E-state index contributed by atoms with van der Waals surface area (Å²) in [4.78, 5) is 14.2. The molecule has 4 heteroatoms. The predicted octanol–water partition coefficient (Wildman–Crippen LogP) is 4.16. The summed E-state index contributed by atoms with van der Waals surface area (Å²) in [7, 11) is 0. The Hall–Kier alpha value is -1.19. The number of carbonyl (C=O) groups is 1. The Bertz CT molecular complexity index is 475. The van der Waals surface area contributed by atoms with Gasteiger partial charge in [-0.15, -0.1) is 24.9 Å². The summed E-state index contributed by atoms with van der Waals surface area (Å²) in [6.07, 6.45) is 3.54. The molecule has 2 nitrogen and oxygen atoms in total. The molecule has 1 amide bonds. The van der Waals surface area contributed by atoms with E-state index >= 15 is 0 Å². The number of rotatable bonds is 8. The Balaban J connectivity index is 2.78. The fourth-order valence-corrected chi connectivity index (χ4v) is 2.67. The van der Waals surface area contributed by atoms with Crippen LogP contribution in [0.15, 0.2) is 49.6 Å². The SMILES string of the molecule is C=CCSC(C)C(=O)N(CC=C)Cc1ccccc1Cl. The molecule has 1 unspecified atom stereocenters. The molecule has 108 valence electrons. The molecule has 0 fully saturated rings. The Labute approximate surface area is 130 Å². The highest BCUT2D eigenvalue weighted by Crippen LogP contribution is 2.20. The van der Waals surface area contributed by atoms with Crippen molar-refractivity contribution in [3.05, 3.63) is 60.2 Å². The second-order valence-corrected chi connectivity index (χ2v) is 6.14. The van der Waals surface area contributed by atoms with E-state index in [-0.39, 0.29) is 11.2 Å². The molecule has 1 rings (SSSR count). The van der Waals surface area contributed by atoms with Crippen LogP contribution in [-0.2, 0) is 11.3 Å². The lowest BCUT2D eigenvalue weighted by molar-refractivity contribution is -0.130. The van der Waals surface area contributed by atoms with Crippen LogP contribution in [0.25, 0.3) is 0 Å². The summed E-state index contributed by atoms with van der Waals surface area (Å²) in [5.74, 6) is 0.859. The van der Waals surface area contributed by atoms with Crippen LogP contribution in [0.5, 0.6) is 0 Å². The summed E-state index contributed by atoms with van der Waals surface area (Å²) in [5, 5.41) is 0.580. The van der Waals surface area contributed by atoms with E-state index in [0.29, 0.717) is 18.1 Å². The number of amides is 1. The molecule has 0 aliphatic heterocycles. The first-order valence-corrected chi connectivity index (χ1v) is 7.88. The van der Waals surface area contributed by atoms with Crippen molar-refractivity contribution in [2.45, 2.75) is 18.7 Å². The monoisotopic (exact) mass is 309 g/mol. The maximum absolute atomic E-state index is 12.4. The van der Waals surface area contributed by atoms with Crippen molar-refractivity contribution in [3.8, 4) is 0 Å². The summed E-state index contributed by atoms with van der Waals surface area (Å²) >= 11 is 7.73. The minimum Gasteiger partial charge on any atom is -0.334 e. The second kappa shape index (κ2) is 8.88. The zero-order valence-corrected chi connectivity index (χ0v) is 13.3. The van der Waals surface area contributed by atoms with Gasteiger partial charge in [0.1, 0.15) is 0 Å². The molecule has 1 aromatic rings. The molecule has 0 saturated carbocycles. The molecule has 0 aliphatic carbocycles. The standard InChI is InChI=1S/C16H20ClNOS/c1-4-10-18(16(19)13(3)20-11-5-2)12-14-8-6-7-9-15(14)17/h4-9,13H,1-2,10-12H2,3H3. The van der Waals surface area contributed by atoms with Crippen LogP contribution in [0.4, 0.5) is 0 Å². The molecule has 0 saturated heterocycles. The topological polar surface area (TPSA) is 20.3 Å². The number of hydrogen-bond donors (Lipinski definition) is 0. The molecule has 0 spiro atoms. The lowest BCUT2D eigenvalue weighted by atomic mass is 10.2. The Kier molecular flexibility index (Phi) is 7.48. The second-order valence-electron chi connectivity index (χ2n) is 4.36. The van der Waals surface area contributed by atoms with Gasteiger partial charge in [0.25, 0.3) is 0 Å². The summed E-state index contributed by atoms with van der Waals surface area (Å²) in [6.45, 7) is 10.3. The fraction of sp³-hybridized carbons (Fsp3) is 0.312. The third-order valence-corrected chi connectivity index (χ3v) is 4.29. The highest BCUT2D eigenvalue weighted by Gasteiger charge is 2.20. The normalized spacial score (nSPS) is 11.7. The van der Waals surface area contributed by atoms with Crippen LogP contribution in [-0.4, -0.2) is 28.4 Å². The van der Waals surface area contributed by atoms with Gasteiger partial charge in [-0.05, 0) is 18.6 Å². The van der Waals surface area contributed by atoms with Gasteiger partial charge >= 0.3 is 0 Å². The predicted molar refractivity (Wildman–Crippen MR) is 89.2 cm³/mol. The van der Waals surface area contributed by atoms with E-state index in [1.807, 2.05) is 31.2 Å². The third-order valence-electron chi connectivity index (χ3n) is 2.79. The minimum atomic E-state index is -0.101. The number of carbonyl (C=O) groups excluding carboxylic acids is 1. The Morgan fingerprint density at radius 3 is 2.70 bits per heavy atom. The van der Waals surface area contributed by atoms with E-state index in [1.165, 1.54) is 0 Å². The molecular formula is C16H20ClNOS. The van der Waals surface area contributed by atoms with Crippen molar-refractivity contribution in [2.24, 2.45) is 0 Å². The third kappa shape index (κ3) is 5.06. The molecule has 0 bridgehead atoms. The van der Waals surface area contributed by atoms with Crippen molar-refractivity contribution in [2.75, 3.05) is 12.3 Å². The maximum Gasteiger partial charge on any atom is 0.235 e. The lowest BCUT2D eigenvalue weighted by Crippen LogP contribution is -2.36. The maximum atomic E-state index is 12.4. The van der Waals surface area contributed by atoms with E-state index in [0.717, 1.165) is 11.3 Å². The molecule has 0 aromatic heterocycles. The smallest absolute Gasteiger partial charge is 0.235 e. The van der Waals surface area contributed by atoms with Crippen molar-refractivity contribution < 1.29 is 4.79 Å². The van der Waals surface area contributed by atoms with Crippen LogP contribution in [0.2, 0.25) is 5.02 Å². The lowest BCUT2D eigenvalue weighted by Gasteiger charge is -2.24. The average Bonchev–Trinajstić information content (AvgIpc) is 2.45. The first kappa shape index (κ1) is 16.9. The van der Waals surface area contributed by atoms with Gasteiger partial charge in [0, 0.05) is 23.9 Å². The molecule has 1 atom stereocenters. The van der Waals surface area contributed by atoms with Gasteiger partial charge in [-0.2, -0.15) is 0 Å².